The summed E-state index contributed by atoms with van der Waals surface area (Å²) in [5, 5.41) is 6.08. The van der Waals surface area contributed by atoms with Crippen LogP contribution in [0.25, 0.3) is 0 Å². The molecule has 0 radical (unpaired) electrons. The van der Waals surface area contributed by atoms with Gasteiger partial charge in [0.15, 0.2) is 0 Å². The number of fused-ring (bicyclic) bond motifs is 1. The number of hydrogen-bond donors (Lipinski definition) is 2. The Bertz CT molecular complexity index is 908. The molecule has 5 aliphatic rings. The average Bonchev–Trinajstić information content (AvgIpc) is 2.97. The zero-order chi connectivity index (χ0) is 22.5. The number of methoxy groups -OCH3 is 1. The molecule has 172 valence electrons. The van der Waals surface area contributed by atoms with E-state index in [0.717, 1.165) is 17.8 Å². The van der Waals surface area contributed by atoms with E-state index < -0.39 is 0 Å². The van der Waals surface area contributed by atoms with Gasteiger partial charge in [0, 0.05) is 32.0 Å². The first-order chi connectivity index (χ1) is 15.4. The first-order valence-electron chi connectivity index (χ1n) is 12.0. The van der Waals surface area contributed by atoms with Crippen molar-refractivity contribution >= 4 is 23.5 Å². The monoisotopic (exact) mass is 439 g/mol. The van der Waals surface area contributed by atoms with Crippen LogP contribution in [-0.2, 0) is 4.74 Å². The zero-order valence-corrected chi connectivity index (χ0v) is 19.0. The molecule has 1 aliphatic heterocycles. The summed E-state index contributed by atoms with van der Waals surface area (Å²) >= 11 is 0. The van der Waals surface area contributed by atoms with Gasteiger partial charge < -0.3 is 15.4 Å². The number of anilines is 1. The number of urea groups is 1. The maximum absolute atomic E-state index is 12.8. The van der Waals surface area contributed by atoms with Crippen molar-refractivity contribution in [1.29, 1.82) is 0 Å². The van der Waals surface area contributed by atoms with E-state index in [2.05, 4.69) is 17.6 Å². The van der Waals surface area contributed by atoms with Crippen molar-refractivity contribution < 1.29 is 19.1 Å². The van der Waals surface area contributed by atoms with Crippen LogP contribution in [0.5, 0.6) is 0 Å². The van der Waals surface area contributed by atoms with Crippen LogP contribution in [0.3, 0.4) is 0 Å². The highest BCUT2D eigenvalue weighted by molar-refractivity contribution is 6.21. The molecule has 1 heterocycles. The van der Waals surface area contributed by atoms with Gasteiger partial charge in [0.1, 0.15) is 0 Å². The van der Waals surface area contributed by atoms with E-state index in [1.165, 1.54) is 43.4 Å². The van der Waals surface area contributed by atoms with Crippen LogP contribution >= 0.6 is 0 Å². The minimum Gasteiger partial charge on any atom is -0.385 e. The minimum absolute atomic E-state index is 0.116. The number of carbonyl (C=O) groups is 3. The number of nitrogens with zero attached hydrogens (tertiary/aromatic N) is 1. The van der Waals surface area contributed by atoms with Crippen LogP contribution in [0.4, 0.5) is 10.5 Å². The maximum atomic E-state index is 12.8. The summed E-state index contributed by atoms with van der Waals surface area (Å²) in [5.41, 5.74) is 1.49. The van der Waals surface area contributed by atoms with Crippen LogP contribution in [0.2, 0.25) is 0 Å². The van der Waals surface area contributed by atoms with Crippen molar-refractivity contribution in [3.63, 3.8) is 0 Å². The van der Waals surface area contributed by atoms with E-state index in [4.69, 9.17) is 4.74 Å². The lowest BCUT2D eigenvalue weighted by Gasteiger charge is -2.59. The third-order valence-electron chi connectivity index (χ3n) is 8.31. The Morgan fingerprint density at radius 3 is 2.34 bits per heavy atom. The van der Waals surface area contributed by atoms with Crippen LogP contribution in [0.1, 0.15) is 72.6 Å². The van der Waals surface area contributed by atoms with Gasteiger partial charge in [0.2, 0.25) is 0 Å². The van der Waals surface area contributed by atoms with Crippen LogP contribution in [-0.4, -0.2) is 49.0 Å². The molecule has 1 aromatic rings. The lowest BCUT2D eigenvalue weighted by molar-refractivity contribution is -0.0679. The van der Waals surface area contributed by atoms with Crippen LogP contribution < -0.4 is 10.6 Å². The molecule has 1 unspecified atom stereocenters. The third kappa shape index (κ3) is 3.70. The number of benzene rings is 1. The molecule has 1 atom stereocenters. The fraction of sp³-hybridized carbons (Fsp3) is 0.640. The SMILES string of the molecule is COCCCN1C(=O)c2ccc(NC(=O)NC(C)C34CC5CC(CC(C5)C3)C4)cc2C1=O. The summed E-state index contributed by atoms with van der Waals surface area (Å²) < 4.78 is 5.02. The van der Waals surface area contributed by atoms with E-state index in [9.17, 15) is 14.4 Å². The van der Waals surface area contributed by atoms with Gasteiger partial charge in [0.05, 0.1) is 11.1 Å². The molecule has 32 heavy (non-hydrogen) atoms. The van der Waals surface area contributed by atoms with Crippen LogP contribution in [0.15, 0.2) is 18.2 Å². The molecule has 7 heteroatoms. The predicted molar refractivity (Wildman–Crippen MR) is 121 cm³/mol. The molecule has 7 nitrogen and oxygen atoms in total. The zero-order valence-electron chi connectivity index (χ0n) is 19.0. The molecule has 4 fully saturated rings. The van der Waals surface area contributed by atoms with Crippen LogP contribution in [0, 0.1) is 23.2 Å². The van der Waals surface area contributed by atoms with Crippen molar-refractivity contribution in [2.45, 2.75) is 57.9 Å². The smallest absolute Gasteiger partial charge is 0.319 e. The Morgan fingerprint density at radius 1 is 1.09 bits per heavy atom. The van der Waals surface area contributed by atoms with E-state index in [1.807, 2.05) is 0 Å². The summed E-state index contributed by atoms with van der Waals surface area (Å²) in [4.78, 5) is 39.3. The fourth-order valence-corrected chi connectivity index (χ4v) is 7.16. The van der Waals surface area contributed by atoms with Gasteiger partial charge in [0.25, 0.3) is 11.8 Å². The highest BCUT2D eigenvalue weighted by Crippen LogP contribution is 2.61. The molecule has 4 amide bonds. The number of imide groups is 1. The van der Waals surface area contributed by atoms with Gasteiger partial charge in [-0.3, -0.25) is 14.5 Å². The second-order valence-corrected chi connectivity index (χ2v) is 10.5. The normalized spacial score (nSPS) is 31.1. The lowest BCUT2D eigenvalue weighted by Crippen LogP contribution is -2.56. The van der Waals surface area contributed by atoms with Gasteiger partial charge in [-0.25, -0.2) is 4.79 Å². The summed E-state index contributed by atoms with van der Waals surface area (Å²) in [5.74, 6) is 1.90. The third-order valence-corrected chi connectivity index (χ3v) is 8.31. The van der Waals surface area contributed by atoms with Crippen molar-refractivity contribution in [3.05, 3.63) is 29.3 Å². The Hall–Kier alpha value is -2.41. The molecule has 1 aromatic carbocycles. The second-order valence-electron chi connectivity index (χ2n) is 10.5. The Morgan fingerprint density at radius 2 is 1.72 bits per heavy atom. The molecule has 0 saturated heterocycles. The largest absolute Gasteiger partial charge is 0.385 e. The van der Waals surface area contributed by atoms with Crippen molar-refractivity contribution in [1.82, 2.24) is 10.2 Å². The van der Waals surface area contributed by atoms with E-state index in [0.29, 0.717) is 36.4 Å². The molecule has 4 bridgehead atoms. The molecular weight excluding hydrogens is 406 g/mol. The standard InChI is InChI=1S/C25H33N3O4/c1-15(25-12-16-8-17(13-25)10-18(9-16)14-25)26-24(31)27-19-4-5-20-21(11-19)23(30)28(22(20)29)6-3-7-32-2/h4-5,11,15-18H,3,6-10,12-14H2,1-2H3,(H2,26,27,31). The predicted octanol–water partition coefficient (Wildman–Crippen LogP) is 4.05. The molecular formula is C25H33N3O4. The molecule has 6 rings (SSSR count). The lowest BCUT2D eigenvalue weighted by atomic mass is 9.48. The topological polar surface area (TPSA) is 87.7 Å². The first-order valence-corrected chi connectivity index (χ1v) is 12.0. The van der Waals surface area contributed by atoms with Gasteiger partial charge in [-0.1, -0.05) is 0 Å². The summed E-state index contributed by atoms with van der Waals surface area (Å²) in [6, 6.07) is 4.80. The van der Waals surface area contributed by atoms with Crippen molar-refractivity contribution in [2.75, 3.05) is 25.6 Å². The summed E-state index contributed by atoms with van der Waals surface area (Å²) in [6.45, 7) is 2.96. The van der Waals surface area contributed by atoms with E-state index in [-0.39, 0.29) is 29.3 Å². The quantitative estimate of drug-likeness (QED) is 0.496. The molecule has 0 aromatic heterocycles. The highest BCUT2D eigenvalue weighted by Gasteiger charge is 2.53. The molecule has 2 N–H and O–H groups in total. The fourth-order valence-electron chi connectivity index (χ4n) is 7.16. The summed E-state index contributed by atoms with van der Waals surface area (Å²) in [6.07, 6.45) is 8.42. The minimum atomic E-state index is -0.313. The number of carbonyl (C=O) groups excluding carboxylic acids is 3. The molecule has 4 aliphatic carbocycles. The Labute approximate surface area is 189 Å². The number of hydrogen-bond acceptors (Lipinski definition) is 4. The van der Waals surface area contributed by atoms with Crippen molar-refractivity contribution in [2.24, 2.45) is 23.2 Å². The first kappa shape index (κ1) is 21.4. The van der Waals surface area contributed by atoms with Crippen molar-refractivity contribution in [3.8, 4) is 0 Å². The molecule has 0 spiro atoms. The van der Waals surface area contributed by atoms with Gasteiger partial charge in [-0.05, 0) is 93.2 Å². The number of rotatable bonds is 7. The average molecular weight is 440 g/mol. The van der Waals surface area contributed by atoms with Gasteiger partial charge in [-0.15, -0.1) is 0 Å². The highest BCUT2D eigenvalue weighted by atomic mass is 16.5. The van der Waals surface area contributed by atoms with Gasteiger partial charge >= 0.3 is 6.03 Å². The van der Waals surface area contributed by atoms with E-state index >= 15 is 0 Å². The number of nitrogens with one attached hydrogen (secondary N) is 2. The van der Waals surface area contributed by atoms with E-state index in [1.54, 1.807) is 25.3 Å². The van der Waals surface area contributed by atoms with Gasteiger partial charge in [-0.2, -0.15) is 0 Å². The maximum Gasteiger partial charge on any atom is 0.319 e. The summed E-state index contributed by atoms with van der Waals surface area (Å²) in [7, 11) is 1.59. The number of ether oxygens (including phenoxy) is 1. The Balaban J connectivity index is 1.23. The number of amides is 4. The Kier molecular flexibility index (Phi) is 5.48. The second kappa shape index (κ2) is 8.18. The molecule has 4 saturated carbocycles.